The van der Waals surface area contributed by atoms with E-state index in [2.05, 4.69) is 25.8 Å². The molecule has 45 heavy (non-hydrogen) atoms. The van der Waals surface area contributed by atoms with Crippen molar-refractivity contribution in [1.82, 2.24) is 4.98 Å². The predicted molar refractivity (Wildman–Crippen MR) is 174 cm³/mol. The first-order valence-electron chi connectivity index (χ1n) is 14.9. The zero-order chi connectivity index (χ0) is 33.6. The molecule has 0 bridgehead atoms. The molecule has 244 valence electrons. The van der Waals surface area contributed by atoms with Crippen LogP contribution in [-0.2, 0) is 36.1 Å². The summed E-state index contributed by atoms with van der Waals surface area (Å²) in [5.41, 5.74) is 7.68. The number of carbonyl (C=O) groups is 2. The van der Waals surface area contributed by atoms with Gasteiger partial charge in [-0.05, 0) is 80.1 Å². The Hall–Kier alpha value is -3.96. The van der Waals surface area contributed by atoms with Gasteiger partial charge < -0.3 is 20.3 Å². The minimum atomic E-state index is -4.33. The van der Waals surface area contributed by atoms with Crippen molar-refractivity contribution >= 4 is 27.7 Å². The van der Waals surface area contributed by atoms with Gasteiger partial charge in [0, 0.05) is 6.42 Å². The number of aliphatic carboxylic acids is 1. The molecule has 1 heterocycles. The fraction of sp³-hybridized carbons (Fsp3) is 0.441. The average Bonchev–Trinajstić information content (AvgIpc) is 2.98. The van der Waals surface area contributed by atoms with Crippen LogP contribution in [0.15, 0.2) is 71.6 Å². The first kappa shape index (κ1) is 35.5. The van der Waals surface area contributed by atoms with Crippen molar-refractivity contribution in [3.05, 3.63) is 83.6 Å². The fourth-order valence-electron chi connectivity index (χ4n) is 4.93. The van der Waals surface area contributed by atoms with Crippen LogP contribution in [0, 0.1) is 0 Å². The van der Waals surface area contributed by atoms with E-state index in [0.717, 1.165) is 29.7 Å². The molecule has 0 radical (unpaired) electrons. The first-order chi connectivity index (χ1) is 20.9. The number of ether oxygens (including phenoxy) is 2. The molecular formula is C34H45N3O7S. The number of hydrogen-bond donors (Lipinski definition) is 2. The predicted octanol–water partition coefficient (Wildman–Crippen LogP) is 6.21. The molecular weight excluding hydrogens is 594 g/mol. The van der Waals surface area contributed by atoms with Crippen LogP contribution in [0.4, 0.5) is 10.6 Å². The largest absolute Gasteiger partial charge is 0.497 e. The van der Waals surface area contributed by atoms with Crippen molar-refractivity contribution in [3.63, 3.8) is 0 Å². The highest BCUT2D eigenvalue weighted by Crippen LogP contribution is 2.36. The zero-order valence-corrected chi connectivity index (χ0v) is 28.0. The monoisotopic (exact) mass is 639 g/mol. The highest BCUT2D eigenvalue weighted by molar-refractivity contribution is 7.92. The van der Waals surface area contributed by atoms with Crippen LogP contribution < -0.4 is 15.4 Å². The van der Waals surface area contributed by atoms with Crippen LogP contribution in [0.3, 0.4) is 0 Å². The van der Waals surface area contributed by atoms with Gasteiger partial charge in [0.15, 0.2) is 4.87 Å². The molecule has 1 unspecified atom stereocenters. The second-order valence-corrected chi connectivity index (χ2v) is 15.0. The van der Waals surface area contributed by atoms with Gasteiger partial charge >= 0.3 is 12.1 Å². The third-order valence-corrected chi connectivity index (χ3v) is 9.76. The number of nitrogens with zero attached hydrogens (tertiary/aromatic N) is 2. The number of aromatic nitrogens is 1. The summed E-state index contributed by atoms with van der Waals surface area (Å²) in [5.74, 6) is -0.948. The van der Waals surface area contributed by atoms with E-state index in [9.17, 15) is 23.1 Å². The Morgan fingerprint density at radius 1 is 0.956 bits per heavy atom. The van der Waals surface area contributed by atoms with Crippen molar-refractivity contribution in [1.29, 1.82) is 0 Å². The topological polar surface area (TPSA) is 149 Å². The van der Waals surface area contributed by atoms with Gasteiger partial charge in [-0.15, -0.1) is 0 Å². The summed E-state index contributed by atoms with van der Waals surface area (Å²) in [7, 11) is -2.85. The molecule has 0 aliphatic rings. The number of anilines is 1. The number of carboxylic acids is 1. The zero-order valence-electron chi connectivity index (χ0n) is 27.2. The van der Waals surface area contributed by atoms with E-state index in [1.54, 1.807) is 20.8 Å². The van der Waals surface area contributed by atoms with E-state index in [0.29, 0.717) is 11.3 Å². The van der Waals surface area contributed by atoms with Crippen LogP contribution in [0.2, 0.25) is 0 Å². The Balaban J connectivity index is 2.16. The summed E-state index contributed by atoms with van der Waals surface area (Å²) in [6, 6.07) is 18.0. The molecule has 0 aliphatic carbocycles. The van der Waals surface area contributed by atoms with Crippen LogP contribution in [0.25, 0.3) is 0 Å². The summed E-state index contributed by atoms with van der Waals surface area (Å²) in [6.07, 6.45) is 2.08. The number of rotatable bonds is 13. The number of benzene rings is 2. The molecule has 3 rings (SSSR count). The Bertz CT molecular complexity index is 1580. The maximum absolute atomic E-state index is 14.4. The van der Waals surface area contributed by atoms with Crippen molar-refractivity contribution in [2.75, 3.05) is 18.6 Å². The molecule has 3 aromatic rings. The Morgan fingerprint density at radius 3 is 2.11 bits per heavy atom. The van der Waals surface area contributed by atoms with E-state index in [1.165, 1.54) is 49.6 Å². The molecule has 11 heteroatoms. The Morgan fingerprint density at radius 2 is 1.58 bits per heavy atom. The molecule has 0 saturated carbocycles. The second-order valence-electron chi connectivity index (χ2n) is 12.8. The number of carboxylic acid groups (broad SMARTS) is 1. The SMILES string of the molecule is CCCCC(C)(C)c1ccc(CC(N)(c2cccc(N(CC(=O)O)C(=O)OC(C)(C)C)n2)S(=O)(=O)c2ccc(OC)cc2)cc1. The summed E-state index contributed by atoms with van der Waals surface area (Å²) in [4.78, 5) is 27.9. The lowest BCUT2D eigenvalue weighted by Gasteiger charge is -2.31. The van der Waals surface area contributed by atoms with Crippen molar-refractivity contribution in [2.24, 2.45) is 5.73 Å². The van der Waals surface area contributed by atoms with Gasteiger partial charge in [-0.2, -0.15) is 0 Å². The van der Waals surface area contributed by atoms with Crippen molar-refractivity contribution < 1.29 is 32.6 Å². The number of amides is 1. The van der Waals surface area contributed by atoms with Crippen molar-refractivity contribution in [2.45, 2.75) is 88.0 Å². The maximum atomic E-state index is 14.4. The molecule has 2 aromatic carbocycles. The summed E-state index contributed by atoms with van der Waals surface area (Å²) in [6.45, 7) is 10.7. The molecule has 10 nitrogen and oxygen atoms in total. The normalized spacial score (nSPS) is 13.5. The minimum Gasteiger partial charge on any atom is -0.497 e. The van der Waals surface area contributed by atoms with Gasteiger partial charge in [-0.1, -0.05) is 63.9 Å². The quantitative estimate of drug-likeness (QED) is 0.222. The van der Waals surface area contributed by atoms with E-state index >= 15 is 0 Å². The molecule has 0 spiro atoms. The number of pyridine rings is 1. The number of carbonyl (C=O) groups excluding carboxylic acids is 1. The van der Waals surface area contributed by atoms with Gasteiger partial charge in [0.25, 0.3) is 0 Å². The van der Waals surface area contributed by atoms with E-state index < -0.39 is 38.9 Å². The van der Waals surface area contributed by atoms with Crippen molar-refractivity contribution in [3.8, 4) is 5.75 Å². The van der Waals surface area contributed by atoms with Gasteiger partial charge in [0.1, 0.15) is 23.7 Å². The molecule has 1 atom stereocenters. The summed E-state index contributed by atoms with van der Waals surface area (Å²) >= 11 is 0. The lowest BCUT2D eigenvalue weighted by Crippen LogP contribution is -2.48. The van der Waals surface area contributed by atoms with E-state index in [-0.39, 0.29) is 28.2 Å². The number of unbranched alkanes of at least 4 members (excludes halogenated alkanes) is 1. The number of hydrogen-bond acceptors (Lipinski definition) is 8. The van der Waals surface area contributed by atoms with Crippen LogP contribution >= 0.6 is 0 Å². The minimum absolute atomic E-state index is 0.0511. The average molecular weight is 640 g/mol. The smallest absolute Gasteiger partial charge is 0.416 e. The van der Waals surface area contributed by atoms with E-state index in [1.807, 2.05) is 24.3 Å². The Labute approximate surface area is 266 Å². The third kappa shape index (κ3) is 8.61. The third-order valence-electron chi connectivity index (χ3n) is 7.56. The lowest BCUT2D eigenvalue weighted by atomic mass is 9.80. The summed E-state index contributed by atoms with van der Waals surface area (Å²) < 4.78 is 39.4. The first-order valence-corrected chi connectivity index (χ1v) is 16.4. The molecule has 0 fully saturated rings. The highest BCUT2D eigenvalue weighted by Gasteiger charge is 2.45. The van der Waals surface area contributed by atoms with E-state index in [4.69, 9.17) is 15.2 Å². The van der Waals surface area contributed by atoms with Gasteiger partial charge in [-0.25, -0.2) is 18.2 Å². The van der Waals surface area contributed by atoms with Gasteiger partial charge in [0.05, 0.1) is 17.7 Å². The fourth-order valence-corrected chi connectivity index (χ4v) is 6.59. The molecule has 1 amide bonds. The van der Waals surface area contributed by atoms with Crippen LogP contribution in [-0.4, -0.2) is 49.8 Å². The Kier molecular flexibility index (Phi) is 11.0. The van der Waals surface area contributed by atoms with Crippen LogP contribution in [0.1, 0.15) is 77.6 Å². The molecule has 0 aliphatic heterocycles. The standard InChI is InChI=1S/C34H45N3O7S/c1-8-9-21-33(5,6)25-15-13-24(14-16-25)22-34(35,45(41,42)27-19-17-26(43-7)18-20-27)28-11-10-12-29(36-28)37(23-30(38)39)31(40)44-32(2,3)4/h10-20H,8-9,21-23,35H2,1-7H3,(H,38,39). The van der Waals surface area contributed by atoms with Crippen LogP contribution in [0.5, 0.6) is 5.75 Å². The summed E-state index contributed by atoms with van der Waals surface area (Å²) in [5, 5.41) is 9.56. The van der Waals surface area contributed by atoms with Gasteiger partial charge in [-0.3, -0.25) is 9.69 Å². The maximum Gasteiger partial charge on any atom is 0.416 e. The molecule has 0 saturated heterocycles. The number of nitrogens with two attached hydrogens (primary N) is 1. The highest BCUT2D eigenvalue weighted by atomic mass is 32.2. The molecule has 1 aromatic heterocycles. The van der Waals surface area contributed by atoms with Gasteiger partial charge in [0.2, 0.25) is 9.84 Å². The molecule has 3 N–H and O–H groups in total. The second kappa shape index (κ2) is 14.0. The lowest BCUT2D eigenvalue weighted by molar-refractivity contribution is -0.135. The number of methoxy groups -OCH3 is 1. The number of sulfone groups is 1.